The number of hydrogen-bond acceptors (Lipinski definition) is 1. The molecule has 72 valence electrons. The summed E-state index contributed by atoms with van der Waals surface area (Å²) in [5, 5.41) is 0. The van der Waals surface area contributed by atoms with Gasteiger partial charge in [0.2, 0.25) is 0 Å². The average Bonchev–Trinajstić information content (AvgIpc) is 2.16. The smallest absolute Gasteiger partial charge is 0.0302 e. The normalized spacial score (nSPS) is 10.8. The zero-order valence-corrected chi connectivity index (χ0v) is 9.09. The van der Waals surface area contributed by atoms with Crippen LogP contribution in [0.4, 0.5) is 0 Å². The highest BCUT2D eigenvalue weighted by atomic mass is 14.6. The quantitative estimate of drug-likeness (QED) is 0.690. The molecule has 0 radical (unpaired) electrons. The monoisotopic (exact) mass is 177 g/mol. The van der Waals surface area contributed by atoms with Crippen LogP contribution >= 0.6 is 0 Å². The van der Waals surface area contributed by atoms with E-state index in [1.54, 1.807) is 0 Å². The zero-order chi connectivity index (χ0) is 9.84. The molecule has 13 heavy (non-hydrogen) atoms. The first-order chi connectivity index (χ1) is 6.20. The van der Waals surface area contributed by atoms with Gasteiger partial charge in [-0.3, -0.25) is 4.98 Å². The minimum absolute atomic E-state index is 0.618. The molecule has 0 aliphatic heterocycles. The van der Waals surface area contributed by atoms with Gasteiger partial charge in [-0.05, 0) is 35.4 Å². The van der Waals surface area contributed by atoms with Crippen LogP contribution in [0.2, 0.25) is 0 Å². The van der Waals surface area contributed by atoms with Crippen molar-refractivity contribution in [2.24, 2.45) is 0 Å². The van der Waals surface area contributed by atoms with Crippen LogP contribution in [0.5, 0.6) is 0 Å². The van der Waals surface area contributed by atoms with E-state index >= 15 is 0 Å². The fraction of sp³-hybridized carbons (Fsp3) is 0.583. The third-order valence-electron chi connectivity index (χ3n) is 2.49. The molecule has 0 aliphatic carbocycles. The molecule has 1 aromatic rings. The van der Waals surface area contributed by atoms with Crippen molar-refractivity contribution in [3.8, 4) is 0 Å². The molecule has 0 fully saturated rings. The predicted octanol–water partition coefficient (Wildman–Crippen LogP) is 3.33. The van der Waals surface area contributed by atoms with Gasteiger partial charge >= 0.3 is 0 Å². The van der Waals surface area contributed by atoms with E-state index in [0.717, 1.165) is 12.8 Å². The summed E-state index contributed by atoms with van der Waals surface area (Å²) < 4.78 is 0. The van der Waals surface area contributed by atoms with Gasteiger partial charge in [0.1, 0.15) is 0 Å². The van der Waals surface area contributed by atoms with Gasteiger partial charge in [0, 0.05) is 12.4 Å². The molecule has 1 heteroatoms. The third kappa shape index (κ3) is 2.09. The second-order valence-electron chi connectivity index (χ2n) is 3.73. The summed E-state index contributed by atoms with van der Waals surface area (Å²) >= 11 is 0. The van der Waals surface area contributed by atoms with Crippen molar-refractivity contribution in [1.29, 1.82) is 0 Å². The number of aryl methyl sites for hydroxylation is 2. The average molecular weight is 177 g/mol. The topological polar surface area (TPSA) is 12.9 Å². The van der Waals surface area contributed by atoms with E-state index in [0.29, 0.717) is 5.92 Å². The van der Waals surface area contributed by atoms with Crippen molar-refractivity contribution in [3.63, 3.8) is 0 Å². The van der Waals surface area contributed by atoms with Gasteiger partial charge in [-0.2, -0.15) is 0 Å². The number of nitrogens with zero attached hydrogens (tertiary/aromatic N) is 1. The van der Waals surface area contributed by atoms with Crippen LogP contribution < -0.4 is 0 Å². The summed E-state index contributed by atoms with van der Waals surface area (Å²) in [5.41, 5.74) is 4.34. The lowest BCUT2D eigenvalue weighted by Crippen LogP contribution is -2.01. The van der Waals surface area contributed by atoms with E-state index in [2.05, 4.69) is 32.7 Å². The highest BCUT2D eigenvalue weighted by Crippen LogP contribution is 2.23. The molecule has 0 amide bonds. The van der Waals surface area contributed by atoms with Crippen LogP contribution in [0.15, 0.2) is 12.4 Å². The summed E-state index contributed by atoms with van der Waals surface area (Å²) in [5.74, 6) is 0.618. The van der Waals surface area contributed by atoms with Gasteiger partial charge in [-0.15, -0.1) is 0 Å². The van der Waals surface area contributed by atoms with Crippen molar-refractivity contribution in [2.45, 2.75) is 46.5 Å². The summed E-state index contributed by atoms with van der Waals surface area (Å²) in [6, 6.07) is 0. The summed E-state index contributed by atoms with van der Waals surface area (Å²) in [6.07, 6.45) is 6.20. The van der Waals surface area contributed by atoms with Crippen LogP contribution in [0, 0.1) is 0 Å². The van der Waals surface area contributed by atoms with E-state index in [1.165, 1.54) is 16.7 Å². The number of pyridine rings is 1. The minimum Gasteiger partial charge on any atom is -0.264 e. The molecule has 0 atom stereocenters. The molecule has 1 rings (SSSR count). The fourth-order valence-corrected chi connectivity index (χ4v) is 1.87. The van der Waals surface area contributed by atoms with Crippen LogP contribution in [0.1, 0.15) is 50.3 Å². The van der Waals surface area contributed by atoms with E-state index in [1.807, 2.05) is 12.4 Å². The maximum Gasteiger partial charge on any atom is 0.0302 e. The van der Waals surface area contributed by atoms with Gasteiger partial charge < -0.3 is 0 Å². The van der Waals surface area contributed by atoms with Crippen molar-refractivity contribution < 1.29 is 0 Å². The Morgan fingerprint density at radius 1 is 1.08 bits per heavy atom. The van der Waals surface area contributed by atoms with Crippen molar-refractivity contribution >= 4 is 0 Å². The third-order valence-corrected chi connectivity index (χ3v) is 2.49. The van der Waals surface area contributed by atoms with Gasteiger partial charge in [0.15, 0.2) is 0 Å². The number of aromatic nitrogens is 1. The second kappa shape index (κ2) is 4.40. The molecule has 0 spiro atoms. The van der Waals surface area contributed by atoms with Crippen LogP contribution in [-0.2, 0) is 12.8 Å². The Kier molecular flexibility index (Phi) is 3.47. The van der Waals surface area contributed by atoms with Crippen molar-refractivity contribution in [3.05, 3.63) is 29.1 Å². The zero-order valence-electron chi connectivity index (χ0n) is 9.09. The SMILES string of the molecule is CCc1cncc(CC)c1C(C)C. The van der Waals surface area contributed by atoms with Crippen molar-refractivity contribution in [1.82, 2.24) is 4.98 Å². The second-order valence-corrected chi connectivity index (χ2v) is 3.73. The molecule has 1 aromatic heterocycles. The van der Waals surface area contributed by atoms with Gasteiger partial charge in [-0.25, -0.2) is 0 Å². The van der Waals surface area contributed by atoms with E-state index in [-0.39, 0.29) is 0 Å². The van der Waals surface area contributed by atoms with Gasteiger partial charge in [-0.1, -0.05) is 27.7 Å². The maximum absolute atomic E-state index is 4.27. The van der Waals surface area contributed by atoms with Crippen LogP contribution in [-0.4, -0.2) is 4.98 Å². The largest absolute Gasteiger partial charge is 0.264 e. The molecular weight excluding hydrogens is 158 g/mol. The first-order valence-electron chi connectivity index (χ1n) is 5.16. The molecule has 0 aliphatic rings. The van der Waals surface area contributed by atoms with E-state index < -0.39 is 0 Å². The van der Waals surface area contributed by atoms with Gasteiger partial charge in [0.25, 0.3) is 0 Å². The Morgan fingerprint density at radius 3 is 1.85 bits per heavy atom. The standard InChI is InChI=1S/C12H19N/c1-5-10-7-13-8-11(6-2)12(10)9(3)4/h7-9H,5-6H2,1-4H3. The number of hydrogen-bond donors (Lipinski definition) is 0. The molecule has 1 nitrogen and oxygen atoms in total. The first-order valence-corrected chi connectivity index (χ1v) is 5.16. The number of rotatable bonds is 3. The minimum atomic E-state index is 0.618. The molecule has 0 saturated carbocycles. The summed E-state index contributed by atoms with van der Waals surface area (Å²) in [4.78, 5) is 4.27. The Balaban J connectivity index is 3.21. The molecule has 0 aromatic carbocycles. The van der Waals surface area contributed by atoms with Crippen LogP contribution in [0.25, 0.3) is 0 Å². The molecule has 1 heterocycles. The summed E-state index contributed by atoms with van der Waals surface area (Å²) in [6.45, 7) is 8.91. The first kappa shape index (κ1) is 10.2. The molecule has 0 N–H and O–H groups in total. The molecular formula is C12H19N. The fourth-order valence-electron chi connectivity index (χ4n) is 1.87. The lowest BCUT2D eigenvalue weighted by atomic mass is 9.92. The molecule has 0 bridgehead atoms. The van der Waals surface area contributed by atoms with Crippen LogP contribution in [0.3, 0.4) is 0 Å². The van der Waals surface area contributed by atoms with E-state index in [9.17, 15) is 0 Å². The Morgan fingerprint density at radius 2 is 1.54 bits per heavy atom. The Hall–Kier alpha value is -0.850. The maximum atomic E-state index is 4.27. The lowest BCUT2D eigenvalue weighted by molar-refractivity contribution is 0.814. The Bertz CT molecular complexity index is 254. The Labute approximate surface area is 81.2 Å². The lowest BCUT2D eigenvalue weighted by Gasteiger charge is -2.15. The predicted molar refractivity (Wildman–Crippen MR) is 57.1 cm³/mol. The highest BCUT2D eigenvalue weighted by Gasteiger charge is 2.09. The highest BCUT2D eigenvalue weighted by molar-refractivity contribution is 5.34. The molecule has 0 saturated heterocycles. The van der Waals surface area contributed by atoms with Gasteiger partial charge in [0.05, 0.1) is 0 Å². The molecule has 0 unspecified atom stereocenters. The summed E-state index contributed by atoms with van der Waals surface area (Å²) in [7, 11) is 0. The van der Waals surface area contributed by atoms with E-state index in [4.69, 9.17) is 0 Å². The van der Waals surface area contributed by atoms with Crippen molar-refractivity contribution in [2.75, 3.05) is 0 Å².